The fourth-order valence-electron chi connectivity index (χ4n) is 3.52. The number of rotatable bonds is 8. The summed E-state index contributed by atoms with van der Waals surface area (Å²) in [6.45, 7) is 3.01. The van der Waals surface area contributed by atoms with Crippen molar-refractivity contribution >= 4 is 11.2 Å². The van der Waals surface area contributed by atoms with E-state index in [-0.39, 0.29) is 48.2 Å². The molecule has 0 unspecified atom stereocenters. The van der Waals surface area contributed by atoms with E-state index in [9.17, 15) is 32.3 Å². The highest BCUT2D eigenvalue weighted by atomic mass is 19.4. The van der Waals surface area contributed by atoms with Crippen molar-refractivity contribution in [2.24, 2.45) is 7.05 Å². The molecule has 0 bridgehead atoms. The summed E-state index contributed by atoms with van der Waals surface area (Å²) in [6, 6.07) is 6.91. The van der Waals surface area contributed by atoms with Gasteiger partial charge in [0.2, 0.25) is 0 Å². The van der Waals surface area contributed by atoms with Crippen molar-refractivity contribution in [3.63, 3.8) is 0 Å². The molecule has 3 heterocycles. The molecule has 194 valence electrons. The number of imidazole rings is 1. The van der Waals surface area contributed by atoms with Gasteiger partial charge in [0.25, 0.3) is 5.56 Å². The zero-order valence-electron chi connectivity index (χ0n) is 19.2. The second-order valence-electron chi connectivity index (χ2n) is 7.86. The lowest BCUT2D eigenvalue weighted by Crippen LogP contribution is -2.39. The third-order valence-corrected chi connectivity index (χ3v) is 5.18. The number of ether oxygens (including phenoxy) is 2. The van der Waals surface area contributed by atoms with Crippen LogP contribution in [-0.2, 0) is 20.1 Å². The van der Waals surface area contributed by atoms with Gasteiger partial charge < -0.3 is 14.6 Å². The number of halogens is 4. The lowest BCUT2D eigenvalue weighted by molar-refractivity contribution is -0.274. The molecule has 0 spiro atoms. The molecule has 0 aliphatic rings. The van der Waals surface area contributed by atoms with E-state index in [1.54, 1.807) is 0 Å². The predicted octanol–water partition coefficient (Wildman–Crippen LogP) is 3.63. The van der Waals surface area contributed by atoms with E-state index < -0.39 is 29.2 Å². The van der Waals surface area contributed by atoms with Crippen LogP contribution in [0.25, 0.3) is 11.2 Å². The van der Waals surface area contributed by atoms with Crippen molar-refractivity contribution < 1.29 is 32.1 Å². The van der Waals surface area contributed by atoms with Crippen LogP contribution in [0.3, 0.4) is 0 Å². The molecule has 0 radical (unpaired) electrons. The van der Waals surface area contributed by atoms with Gasteiger partial charge in [-0.25, -0.2) is 9.18 Å². The zero-order chi connectivity index (χ0) is 26.9. The van der Waals surface area contributed by atoms with E-state index in [1.807, 2.05) is 0 Å². The normalized spacial score (nSPS) is 11.6. The summed E-state index contributed by atoms with van der Waals surface area (Å²) in [5.41, 5.74) is -1.36. The van der Waals surface area contributed by atoms with Gasteiger partial charge >= 0.3 is 18.1 Å². The molecule has 3 aromatic heterocycles. The number of aromatic nitrogens is 5. The monoisotopic (exact) mass is 521 g/mol. The van der Waals surface area contributed by atoms with Crippen molar-refractivity contribution in [3.8, 4) is 17.5 Å². The Bertz CT molecular complexity index is 1590. The number of pyridine rings is 1. The van der Waals surface area contributed by atoms with Crippen molar-refractivity contribution in [2.75, 3.05) is 0 Å². The molecule has 37 heavy (non-hydrogen) atoms. The fourth-order valence-corrected chi connectivity index (χ4v) is 3.52. The number of aliphatic hydroxyl groups is 1. The first kappa shape index (κ1) is 25.5. The third-order valence-electron chi connectivity index (χ3n) is 5.18. The van der Waals surface area contributed by atoms with Crippen LogP contribution in [-0.4, -0.2) is 35.1 Å². The molecule has 4 aromatic rings. The summed E-state index contributed by atoms with van der Waals surface area (Å²) >= 11 is 0. The van der Waals surface area contributed by atoms with Gasteiger partial charge in [0, 0.05) is 26.1 Å². The first-order valence-electron chi connectivity index (χ1n) is 10.6. The van der Waals surface area contributed by atoms with Gasteiger partial charge in [0.05, 0.1) is 24.2 Å². The van der Waals surface area contributed by atoms with Gasteiger partial charge in [-0.05, 0) is 24.3 Å². The molecular formula is C23H19F4N5O5. The molecule has 0 fully saturated rings. The molecule has 0 aliphatic heterocycles. The average molecular weight is 521 g/mol. The lowest BCUT2D eigenvalue weighted by Gasteiger charge is -2.12. The Morgan fingerprint density at radius 1 is 1.14 bits per heavy atom. The van der Waals surface area contributed by atoms with Crippen LogP contribution < -0.4 is 20.7 Å². The zero-order valence-corrected chi connectivity index (χ0v) is 19.2. The van der Waals surface area contributed by atoms with E-state index in [2.05, 4.69) is 21.3 Å². The van der Waals surface area contributed by atoms with Crippen molar-refractivity contribution in [3.05, 3.63) is 87.3 Å². The predicted molar refractivity (Wildman–Crippen MR) is 122 cm³/mol. The SMILES string of the molecule is C=C(O)CCn1c(=O)c2c(nc(Oc3cccc(OC(F)(F)F)c3)n2Cc2ccc(F)cn2)n(C)c1=O. The van der Waals surface area contributed by atoms with Crippen LogP contribution in [0.1, 0.15) is 12.1 Å². The molecule has 0 amide bonds. The molecule has 0 aliphatic carbocycles. The molecular weight excluding hydrogens is 502 g/mol. The van der Waals surface area contributed by atoms with E-state index in [4.69, 9.17) is 4.74 Å². The quantitative estimate of drug-likeness (QED) is 0.278. The minimum Gasteiger partial charge on any atom is -0.513 e. The summed E-state index contributed by atoms with van der Waals surface area (Å²) in [6.07, 6.45) is -4.03. The number of aliphatic hydroxyl groups excluding tert-OH is 1. The molecule has 4 rings (SSSR count). The fraction of sp³-hybridized carbons (Fsp3) is 0.217. The Labute approximate surface area is 205 Å². The number of nitrogens with zero attached hydrogens (tertiary/aromatic N) is 5. The molecule has 0 saturated carbocycles. The van der Waals surface area contributed by atoms with Gasteiger partial charge in [-0.3, -0.25) is 23.5 Å². The van der Waals surface area contributed by atoms with Crippen molar-refractivity contribution in [1.82, 2.24) is 23.7 Å². The highest BCUT2D eigenvalue weighted by Crippen LogP contribution is 2.30. The maximum absolute atomic E-state index is 13.4. The van der Waals surface area contributed by atoms with Gasteiger partial charge in [-0.1, -0.05) is 12.6 Å². The third kappa shape index (κ3) is 5.63. The molecule has 0 atom stereocenters. The number of fused-ring (bicyclic) bond motifs is 1. The highest BCUT2D eigenvalue weighted by molar-refractivity contribution is 5.72. The standard InChI is InChI=1S/C23H19F4N5O5/c1-13(33)8-9-31-20(34)18-19(30(2)22(31)35)29-21(32(18)12-15-7-6-14(24)11-28-15)36-16-4-3-5-17(10-16)37-23(25,26)27/h3-7,10-11,33H,1,8-9,12H2,2H3. The highest BCUT2D eigenvalue weighted by Gasteiger charge is 2.31. The topological polar surface area (TPSA) is 113 Å². The van der Waals surface area contributed by atoms with E-state index >= 15 is 0 Å². The molecule has 10 nitrogen and oxygen atoms in total. The Hall–Kier alpha value is -4.62. The summed E-state index contributed by atoms with van der Waals surface area (Å²) in [7, 11) is 1.36. The van der Waals surface area contributed by atoms with Crippen LogP contribution >= 0.6 is 0 Å². The number of hydrogen-bond acceptors (Lipinski definition) is 7. The van der Waals surface area contributed by atoms with Crippen LogP contribution in [0.15, 0.2) is 64.5 Å². The molecule has 1 aromatic carbocycles. The first-order valence-corrected chi connectivity index (χ1v) is 10.6. The van der Waals surface area contributed by atoms with Gasteiger partial charge in [0.15, 0.2) is 11.2 Å². The summed E-state index contributed by atoms with van der Waals surface area (Å²) < 4.78 is 64.2. The minimum atomic E-state index is -4.93. The lowest BCUT2D eigenvalue weighted by atomic mass is 10.3. The Kier molecular flexibility index (Phi) is 6.74. The smallest absolute Gasteiger partial charge is 0.513 e. The first-order chi connectivity index (χ1) is 17.4. The maximum atomic E-state index is 13.4. The van der Waals surface area contributed by atoms with Crippen molar-refractivity contribution in [1.29, 1.82) is 0 Å². The largest absolute Gasteiger partial charge is 0.573 e. The van der Waals surface area contributed by atoms with Crippen LogP contribution in [0.5, 0.6) is 17.5 Å². The molecule has 1 N–H and O–H groups in total. The summed E-state index contributed by atoms with van der Waals surface area (Å²) in [4.78, 5) is 34.4. The second-order valence-corrected chi connectivity index (χ2v) is 7.86. The molecule has 14 heteroatoms. The number of alkyl halides is 3. The van der Waals surface area contributed by atoms with E-state index in [0.29, 0.717) is 5.69 Å². The van der Waals surface area contributed by atoms with Crippen LogP contribution in [0.4, 0.5) is 17.6 Å². The van der Waals surface area contributed by atoms with Gasteiger partial charge in [0.1, 0.15) is 17.3 Å². The maximum Gasteiger partial charge on any atom is 0.573 e. The number of aryl methyl sites for hydroxylation is 1. The summed E-state index contributed by atoms with van der Waals surface area (Å²) in [5.74, 6) is -1.48. The Morgan fingerprint density at radius 3 is 2.51 bits per heavy atom. The number of hydrogen-bond donors (Lipinski definition) is 1. The summed E-state index contributed by atoms with van der Waals surface area (Å²) in [5, 5.41) is 9.44. The molecule has 0 saturated heterocycles. The average Bonchev–Trinajstić information content (AvgIpc) is 3.16. The van der Waals surface area contributed by atoms with Crippen molar-refractivity contribution in [2.45, 2.75) is 25.9 Å². The van der Waals surface area contributed by atoms with Crippen LogP contribution in [0, 0.1) is 5.82 Å². The van der Waals surface area contributed by atoms with E-state index in [1.165, 1.54) is 29.8 Å². The number of benzene rings is 1. The van der Waals surface area contributed by atoms with Gasteiger partial charge in [-0.2, -0.15) is 4.98 Å². The van der Waals surface area contributed by atoms with E-state index in [0.717, 1.165) is 33.5 Å². The minimum absolute atomic E-state index is 0.0658. The number of allylic oxidation sites excluding steroid dienone is 1. The Balaban J connectivity index is 1.87. The van der Waals surface area contributed by atoms with Crippen LogP contribution in [0.2, 0.25) is 0 Å². The van der Waals surface area contributed by atoms with Gasteiger partial charge in [-0.15, -0.1) is 13.2 Å². The Morgan fingerprint density at radius 2 is 1.86 bits per heavy atom. The second kappa shape index (κ2) is 9.79.